The zero-order chi connectivity index (χ0) is 16.3. The van der Waals surface area contributed by atoms with Crippen molar-refractivity contribution in [1.29, 1.82) is 0 Å². The molecule has 0 bridgehead atoms. The lowest BCUT2D eigenvalue weighted by Crippen LogP contribution is -2.27. The molecule has 0 unspecified atom stereocenters. The summed E-state index contributed by atoms with van der Waals surface area (Å²) in [5, 5.41) is 0. The molecule has 0 fully saturated rings. The molecular formula is C16H16FNO4S. The van der Waals surface area contributed by atoms with Crippen molar-refractivity contribution in [2.24, 2.45) is 0 Å². The summed E-state index contributed by atoms with van der Waals surface area (Å²) in [6, 6.07) is 11.0. The molecule has 0 saturated heterocycles. The van der Waals surface area contributed by atoms with Crippen LogP contribution >= 0.6 is 0 Å². The summed E-state index contributed by atoms with van der Waals surface area (Å²) in [6.07, 6.45) is 0.541. The van der Waals surface area contributed by atoms with Crippen LogP contribution in [0, 0.1) is 5.82 Å². The Balaban J connectivity index is 1.54. The summed E-state index contributed by atoms with van der Waals surface area (Å²) in [6.45, 7) is 0.492. The van der Waals surface area contributed by atoms with Gasteiger partial charge in [-0.15, -0.1) is 0 Å². The molecule has 0 aromatic heterocycles. The van der Waals surface area contributed by atoms with E-state index >= 15 is 0 Å². The third-order valence-corrected chi connectivity index (χ3v) is 4.80. The highest BCUT2D eigenvalue weighted by molar-refractivity contribution is 7.88. The summed E-state index contributed by atoms with van der Waals surface area (Å²) in [5.41, 5.74) is 1.50. The second-order valence-electron chi connectivity index (χ2n) is 5.22. The van der Waals surface area contributed by atoms with E-state index in [1.54, 1.807) is 0 Å². The van der Waals surface area contributed by atoms with Crippen molar-refractivity contribution in [2.75, 3.05) is 13.3 Å². The lowest BCUT2D eigenvalue weighted by molar-refractivity contribution is 0.174. The molecule has 0 atom stereocenters. The van der Waals surface area contributed by atoms with Crippen LogP contribution in [0.15, 0.2) is 42.5 Å². The van der Waals surface area contributed by atoms with Crippen LogP contribution in [-0.4, -0.2) is 21.8 Å². The van der Waals surface area contributed by atoms with Gasteiger partial charge in [0.2, 0.25) is 16.8 Å². The highest BCUT2D eigenvalue weighted by Crippen LogP contribution is 2.32. The van der Waals surface area contributed by atoms with Gasteiger partial charge in [0.25, 0.3) is 0 Å². The fourth-order valence-corrected chi connectivity index (χ4v) is 3.44. The SMILES string of the molecule is O=S(=O)(Cc1ccc(F)cc1)NCCc1ccc2c(c1)OCO2. The molecule has 7 heteroatoms. The third-order valence-electron chi connectivity index (χ3n) is 3.44. The number of hydrogen-bond acceptors (Lipinski definition) is 4. The van der Waals surface area contributed by atoms with Gasteiger partial charge in [-0.05, 0) is 41.8 Å². The zero-order valence-electron chi connectivity index (χ0n) is 12.3. The summed E-state index contributed by atoms with van der Waals surface area (Å²) in [7, 11) is -3.46. The van der Waals surface area contributed by atoms with Crippen LogP contribution in [0.2, 0.25) is 0 Å². The molecule has 5 nitrogen and oxygen atoms in total. The molecule has 1 N–H and O–H groups in total. The Labute approximate surface area is 134 Å². The minimum absolute atomic E-state index is 0.172. The second kappa shape index (κ2) is 6.55. The second-order valence-corrected chi connectivity index (χ2v) is 7.02. The van der Waals surface area contributed by atoms with Gasteiger partial charge in [-0.25, -0.2) is 17.5 Å². The first-order valence-electron chi connectivity index (χ1n) is 7.12. The van der Waals surface area contributed by atoms with Crippen molar-refractivity contribution < 1.29 is 22.3 Å². The molecule has 3 rings (SSSR count). The van der Waals surface area contributed by atoms with Crippen LogP contribution in [0.4, 0.5) is 4.39 Å². The largest absolute Gasteiger partial charge is 0.454 e. The lowest BCUT2D eigenvalue weighted by Gasteiger charge is -2.07. The Morgan fingerprint density at radius 2 is 1.70 bits per heavy atom. The van der Waals surface area contributed by atoms with Crippen molar-refractivity contribution >= 4 is 10.0 Å². The zero-order valence-corrected chi connectivity index (χ0v) is 13.1. The first-order valence-corrected chi connectivity index (χ1v) is 8.77. The maximum atomic E-state index is 12.8. The van der Waals surface area contributed by atoms with E-state index in [1.807, 2.05) is 18.2 Å². The van der Waals surface area contributed by atoms with E-state index < -0.39 is 10.0 Å². The third kappa shape index (κ3) is 4.20. The van der Waals surface area contributed by atoms with Gasteiger partial charge in [-0.3, -0.25) is 0 Å². The molecule has 1 heterocycles. The predicted octanol–water partition coefficient (Wildman–Crippen LogP) is 2.22. The van der Waals surface area contributed by atoms with E-state index in [0.29, 0.717) is 23.5 Å². The maximum absolute atomic E-state index is 12.8. The fraction of sp³-hybridized carbons (Fsp3) is 0.250. The van der Waals surface area contributed by atoms with Gasteiger partial charge in [0, 0.05) is 6.54 Å². The monoisotopic (exact) mass is 337 g/mol. The normalized spacial score (nSPS) is 13.3. The quantitative estimate of drug-likeness (QED) is 0.878. The number of nitrogens with one attached hydrogen (secondary N) is 1. The summed E-state index contributed by atoms with van der Waals surface area (Å²) in [5.74, 6) is 0.818. The van der Waals surface area contributed by atoms with E-state index in [1.165, 1.54) is 24.3 Å². The fourth-order valence-electron chi connectivity index (χ4n) is 2.30. The number of hydrogen-bond donors (Lipinski definition) is 1. The minimum Gasteiger partial charge on any atom is -0.454 e. The average molecular weight is 337 g/mol. The predicted molar refractivity (Wildman–Crippen MR) is 83.3 cm³/mol. The summed E-state index contributed by atoms with van der Waals surface area (Å²) >= 11 is 0. The standard InChI is InChI=1S/C16H16FNO4S/c17-14-4-1-13(2-5-14)10-23(19,20)18-8-7-12-3-6-15-16(9-12)22-11-21-15/h1-6,9,18H,7-8,10-11H2. The Morgan fingerprint density at radius 3 is 2.48 bits per heavy atom. The van der Waals surface area contributed by atoms with Crippen molar-refractivity contribution in [3.63, 3.8) is 0 Å². The van der Waals surface area contributed by atoms with Crippen LogP contribution in [0.5, 0.6) is 11.5 Å². The van der Waals surface area contributed by atoms with E-state index in [9.17, 15) is 12.8 Å². The first-order chi connectivity index (χ1) is 11.0. The molecule has 0 aliphatic carbocycles. The number of ether oxygens (including phenoxy) is 2. The number of sulfonamides is 1. The Bertz CT molecular complexity index is 790. The number of fused-ring (bicyclic) bond motifs is 1. The van der Waals surface area contributed by atoms with E-state index in [-0.39, 0.29) is 24.9 Å². The van der Waals surface area contributed by atoms with Gasteiger partial charge in [-0.2, -0.15) is 0 Å². The van der Waals surface area contributed by atoms with Gasteiger partial charge in [-0.1, -0.05) is 18.2 Å². The minimum atomic E-state index is -3.46. The molecule has 23 heavy (non-hydrogen) atoms. The van der Waals surface area contributed by atoms with Gasteiger partial charge < -0.3 is 9.47 Å². The smallest absolute Gasteiger partial charge is 0.231 e. The van der Waals surface area contributed by atoms with Gasteiger partial charge in [0.1, 0.15) is 5.82 Å². The molecule has 2 aromatic rings. The molecule has 0 amide bonds. The molecule has 0 spiro atoms. The van der Waals surface area contributed by atoms with Crippen molar-refractivity contribution in [3.8, 4) is 11.5 Å². The molecule has 122 valence electrons. The number of halogens is 1. The average Bonchev–Trinajstić information content (AvgIpc) is 2.97. The molecule has 1 aliphatic heterocycles. The lowest BCUT2D eigenvalue weighted by atomic mass is 10.1. The Morgan fingerprint density at radius 1 is 1.00 bits per heavy atom. The van der Waals surface area contributed by atoms with Crippen LogP contribution in [0.3, 0.4) is 0 Å². The van der Waals surface area contributed by atoms with Crippen molar-refractivity contribution in [1.82, 2.24) is 4.72 Å². The van der Waals surface area contributed by atoms with Crippen molar-refractivity contribution in [2.45, 2.75) is 12.2 Å². The van der Waals surface area contributed by atoms with E-state index in [0.717, 1.165) is 5.56 Å². The summed E-state index contributed by atoms with van der Waals surface area (Å²) in [4.78, 5) is 0. The van der Waals surface area contributed by atoms with Gasteiger partial charge in [0.05, 0.1) is 5.75 Å². The number of benzene rings is 2. The number of rotatable bonds is 6. The Kier molecular flexibility index (Phi) is 4.49. The first kappa shape index (κ1) is 15.8. The Hall–Kier alpha value is -2.12. The van der Waals surface area contributed by atoms with E-state index in [4.69, 9.17) is 9.47 Å². The van der Waals surface area contributed by atoms with Crippen LogP contribution in [0.1, 0.15) is 11.1 Å². The highest BCUT2D eigenvalue weighted by Gasteiger charge is 2.14. The molecular weight excluding hydrogens is 321 g/mol. The van der Waals surface area contributed by atoms with Crippen LogP contribution in [-0.2, 0) is 22.2 Å². The molecule has 0 radical (unpaired) electrons. The topological polar surface area (TPSA) is 64.6 Å². The highest BCUT2D eigenvalue weighted by atomic mass is 32.2. The molecule has 1 aliphatic rings. The van der Waals surface area contributed by atoms with Gasteiger partial charge >= 0.3 is 0 Å². The van der Waals surface area contributed by atoms with Crippen LogP contribution < -0.4 is 14.2 Å². The van der Waals surface area contributed by atoms with E-state index in [2.05, 4.69) is 4.72 Å². The molecule has 2 aromatic carbocycles. The van der Waals surface area contributed by atoms with Crippen molar-refractivity contribution in [3.05, 3.63) is 59.4 Å². The maximum Gasteiger partial charge on any atom is 0.231 e. The van der Waals surface area contributed by atoms with Gasteiger partial charge in [0.15, 0.2) is 11.5 Å². The van der Waals surface area contributed by atoms with Crippen LogP contribution in [0.25, 0.3) is 0 Å². The summed E-state index contributed by atoms with van der Waals surface area (Å²) < 4.78 is 49.9. The molecule has 0 saturated carbocycles.